The maximum absolute atomic E-state index is 12.5. The molecule has 2 aromatic carbocycles. The molecule has 0 bridgehead atoms. The van der Waals surface area contributed by atoms with Crippen molar-refractivity contribution in [2.45, 2.75) is 23.5 Å². The Hall–Kier alpha value is -1.74. The summed E-state index contributed by atoms with van der Waals surface area (Å²) in [5.74, 6) is 0.190. The smallest absolute Gasteiger partial charge is 0.240 e. The number of fused-ring (bicyclic) bond motifs is 1. The zero-order chi connectivity index (χ0) is 14.1. The van der Waals surface area contributed by atoms with Crippen LogP contribution in [-0.4, -0.2) is 18.2 Å². The molecular formula is C17H17NOS. The third-order valence-electron chi connectivity index (χ3n) is 3.61. The Morgan fingerprint density at radius 3 is 2.75 bits per heavy atom. The molecule has 102 valence electrons. The van der Waals surface area contributed by atoms with E-state index in [2.05, 4.69) is 37.3 Å². The minimum atomic E-state index is -0.0308. The molecule has 2 aromatic rings. The van der Waals surface area contributed by atoms with Crippen LogP contribution in [0.2, 0.25) is 0 Å². The number of anilines is 1. The predicted molar refractivity (Wildman–Crippen MR) is 84.4 cm³/mol. The Bertz CT molecular complexity index is 653. The van der Waals surface area contributed by atoms with Gasteiger partial charge in [0.15, 0.2) is 0 Å². The zero-order valence-electron chi connectivity index (χ0n) is 11.7. The first kappa shape index (κ1) is 13.3. The van der Waals surface area contributed by atoms with Crippen molar-refractivity contribution in [2.24, 2.45) is 0 Å². The van der Waals surface area contributed by atoms with Gasteiger partial charge >= 0.3 is 0 Å². The van der Waals surface area contributed by atoms with E-state index in [9.17, 15) is 4.79 Å². The molecule has 2 nitrogen and oxygen atoms in total. The van der Waals surface area contributed by atoms with Gasteiger partial charge in [-0.1, -0.05) is 42.0 Å². The topological polar surface area (TPSA) is 20.3 Å². The van der Waals surface area contributed by atoms with E-state index in [1.165, 1.54) is 16.0 Å². The minimum absolute atomic E-state index is 0.0308. The SMILES string of the molecule is Cc1cccc(CC2Sc3ccccc3N(C)C2=O)c1. The van der Waals surface area contributed by atoms with Gasteiger partial charge in [0.25, 0.3) is 0 Å². The summed E-state index contributed by atoms with van der Waals surface area (Å²) in [7, 11) is 1.87. The van der Waals surface area contributed by atoms with E-state index < -0.39 is 0 Å². The van der Waals surface area contributed by atoms with Gasteiger partial charge in [-0.15, -0.1) is 11.8 Å². The second kappa shape index (κ2) is 5.33. The van der Waals surface area contributed by atoms with Crippen LogP contribution >= 0.6 is 11.8 Å². The van der Waals surface area contributed by atoms with Gasteiger partial charge < -0.3 is 4.90 Å². The maximum atomic E-state index is 12.5. The molecule has 3 heteroatoms. The van der Waals surface area contributed by atoms with E-state index in [4.69, 9.17) is 0 Å². The van der Waals surface area contributed by atoms with Crippen molar-refractivity contribution < 1.29 is 4.79 Å². The monoisotopic (exact) mass is 283 g/mol. The number of carbonyl (C=O) groups excluding carboxylic acids is 1. The normalized spacial score (nSPS) is 18.0. The van der Waals surface area contributed by atoms with E-state index in [0.29, 0.717) is 0 Å². The zero-order valence-corrected chi connectivity index (χ0v) is 12.5. The lowest BCUT2D eigenvalue weighted by molar-refractivity contribution is -0.117. The van der Waals surface area contributed by atoms with Crippen LogP contribution in [0.3, 0.4) is 0 Å². The Balaban J connectivity index is 1.87. The fraction of sp³-hybridized carbons (Fsp3) is 0.235. The Morgan fingerprint density at radius 1 is 1.15 bits per heavy atom. The van der Waals surface area contributed by atoms with Crippen LogP contribution in [0.1, 0.15) is 11.1 Å². The van der Waals surface area contributed by atoms with Gasteiger partial charge in [-0.25, -0.2) is 0 Å². The standard InChI is InChI=1S/C17H17NOS/c1-12-6-5-7-13(10-12)11-16-17(19)18(2)14-8-3-4-9-15(14)20-16/h3-10,16H,11H2,1-2H3. The molecule has 0 saturated heterocycles. The third kappa shape index (κ3) is 2.46. The van der Waals surface area contributed by atoms with E-state index >= 15 is 0 Å². The highest BCUT2D eigenvalue weighted by molar-refractivity contribution is 8.01. The van der Waals surface area contributed by atoms with Crippen LogP contribution in [0.15, 0.2) is 53.4 Å². The summed E-state index contributed by atoms with van der Waals surface area (Å²) in [5, 5.41) is -0.0308. The van der Waals surface area contributed by atoms with Crippen LogP contribution in [0.25, 0.3) is 0 Å². The van der Waals surface area contributed by atoms with Gasteiger partial charge in [-0.05, 0) is 31.0 Å². The number of benzene rings is 2. The molecular weight excluding hydrogens is 266 g/mol. The minimum Gasteiger partial charge on any atom is -0.313 e. The highest BCUT2D eigenvalue weighted by atomic mass is 32.2. The number of hydrogen-bond donors (Lipinski definition) is 0. The fourth-order valence-corrected chi connectivity index (χ4v) is 3.88. The molecule has 0 N–H and O–H groups in total. The van der Waals surface area contributed by atoms with Crippen molar-refractivity contribution in [1.29, 1.82) is 0 Å². The van der Waals surface area contributed by atoms with Gasteiger partial charge in [-0.3, -0.25) is 4.79 Å². The maximum Gasteiger partial charge on any atom is 0.240 e. The second-order valence-electron chi connectivity index (χ2n) is 5.16. The predicted octanol–water partition coefficient (Wildman–Crippen LogP) is 3.67. The Labute approximate surface area is 123 Å². The lowest BCUT2D eigenvalue weighted by Crippen LogP contribution is -2.39. The molecule has 1 heterocycles. The van der Waals surface area contributed by atoms with Crippen LogP contribution in [0.4, 0.5) is 5.69 Å². The molecule has 1 aliphatic rings. The summed E-state index contributed by atoms with van der Waals surface area (Å²) in [4.78, 5) is 15.5. The summed E-state index contributed by atoms with van der Waals surface area (Å²) in [6.45, 7) is 2.08. The summed E-state index contributed by atoms with van der Waals surface area (Å²) in [6, 6.07) is 16.5. The summed E-state index contributed by atoms with van der Waals surface area (Å²) >= 11 is 1.68. The van der Waals surface area contributed by atoms with Gasteiger partial charge in [0.2, 0.25) is 5.91 Å². The molecule has 1 atom stereocenters. The number of aryl methyl sites for hydroxylation is 1. The quantitative estimate of drug-likeness (QED) is 0.838. The molecule has 0 saturated carbocycles. The molecule has 0 aliphatic carbocycles. The number of thioether (sulfide) groups is 1. The van der Waals surface area contributed by atoms with Gasteiger partial charge in [0, 0.05) is 11.9 Å². The summed E-state index contributed by atoms with van der Waals surface area (Å²) in [5.41, 5.74) is 3.48. The first-order chi connectivity index (χ1) is 9.65. The lowest BCUT2D eigenvalue weighted by Gasteiger charge is -2.31. The summed E-state index contributed by atoms with van der Waals surface area (Å²) < 4.78 is 0. The molecule has 0 spiro atoms. The van der Waals surface area contributed by atoms with E-state index in [1.807, 2.05) is 25.2 Å². The molecule has 0 radical (unpaired) electrons. The number of carbonyl (C=O) groups is 1. The van der Waals surface area contributed by atoms with E-state index in [1.54, 1.807) is 16.7 Å². The average Bonchev–Trinajstić information content (AvgIpc) is 2.45. The molecule has 3 rings (SSSR count). The van der Waals surface area contributed by atoms with Crippen molar-refractivity contribution in [3.8, 4) is 0 Å². The molecule has 0 aromatic heterocycles. The van der Waals surface area contributed by atoms with Crippen LogP contribution < -0.4 is 4.90 Å². The van der Waals surface area contributed by atoms with E-state index in [0.717, 1.165) is 12.1 Å². The highest BCUT2D eigenvalue weighted by Crippen LogP contribution is 2.39. The number of hydrogen-bond acceptors (Lipinski definition) is 2. The molecule has 1 amide bonds. The van der Waals surface area contributed by atoms with Crippen molar-refractivity contribution in [2.75, 3.05) is 11.9 Å². The molecule has 1 aliphatic heterocycles. The third-order valence-corrected chi connectivity index (χ3v) is 4.86. The average molecular weight is 283 g/mol. The fourth-order valence-electron chi connectivity index (χ4n) is 2.55. The van der Waals surface area contributed by atoms with Crippen molar-refractivity contribution >= 4 is 23.4 Å². The highest BCUT2D eigenvalue weighted by Gasteiger charge is 2.31. The second-order valence-corrected chi connectivity index (χ2v) is 6.41. The first-order valence-corrected chi connectivity index (χ1v) is 7.62. The Kier molecular flexibility index (Phi) is 3.53. The van der Waals surface area contributed by atoms with E-state index in [-0.39, 0.29) is 11.2 Å². The van der Waals surface area contributed by atoms with Gasteiger partial charge in [-0.2, -0.15) is 0 Å². The van der Waals surface area contributed by atoms with Gasteiger partial charge in [0.05, 0.1) is 10.9 Å². The lowest BCUT2D eigenvalue weighted by atomic mass is 10.1. The van der Waals surface area contributed by atoms with Crippen LogP contribution in [0.5, 0.6) is 0 Å². The van der Waals surface area contributed by atoms with Gasteiger partial charge in [0.1, 0.15) is 0 Å². The first-order valence-electron chi connectivity index (χ1n) is 6.74. The Morgan fingerprint density at radius 2 is 1.95 bits per heavy atom. The molecule has 0 fully saturated rings. The molecule has 1 unspecified atom stereocenters. The van der Waals surface area contributed by atoms with Crippen molar-refractivity contribution in [3.63, 3.8) is 0 Å². The molecule has 20 heavy (non-hydrogen) atoms. The van der Waals surface area contributed by atoms with Crippen molar-refractivity contribution in [3.05, 3.63) is 59.7 Å². The van der Waals surface area contributed by atoms with Crippen LogP contribution in [-0.2, 0) is 11.2 Å². The van der Waals surface area contributed by atoms with Crippen molar-refractivity contribution in [1.82, 2.24) is 0 Å². The largest absolute Gasteiger partial charge is 0.313 e. The number of amides is 1. The number of nitrogens with zero attached hydrogens (tertiary/aromatic N) is 1. The summed E-state index contributed by atoms with van der Waals surface area (Å²) in [6.07, 6.45) is 0.782. The number of rotatable bonds is 2. The number of para-hydroxylation sites is 1. The van der Waals surface area contributed by atoms with Crippen LogP contribution in [0, 0.1) is 6.92 Å².